The van der Waals surface area contributed by atoms with Gasteiger partial charge >= 0.3 is 0 Å². The molecule has 1 aliphatic heterocycles. The fourth-order valence-electron chi connectivity index (χ4n) is 2.56. The van der Waals surface area contributed by atoms with Crippen molar-refractivity contribution in [1.29, 1.82) is 0 Å². The van der Waals surface area contributed by atoms with E-state index in [1.54, 1.807) is 23.5 Å². The molecule has 0 spiro atoms. The number of hydrogen-bond acceptors (Lipinski definition) is 7. The van der Waals surface area contributed by atoms with E-state index < -0.39 is 5.91 Å². The second-order valence-corrected chi connectivity index (χ2v) is 6.14. The smallest absolute Gasteiger partial charge is 0.269 e. The molecule has 0 aromatic carbocycles. The molecule has 3 rings (SSSR count). The van der Waals surface area contributed by atoms with Gasteiger partial charge in [-0.2, -0.15) is 0 Å². The lowest BCUT2D eigenvalue weighted by molar-refractivity contribution is 0.0994. The number of amides is 1. The van der Waals surface area contributed by atoms with E-state index in [0.717, 1.165) is 37.0 Å². The van der Waals surface area contributed by atoms with Crippen LogP contribution in [0.15, 0.2) is 23.7 Å². The molecule has 0 aliphatic carbocycles. The molecule has 0 bridgehead atoms. The SMILES string of the molecule is CC(c1nccs1)N1CCN(c2ccc(C(N)=O)nn2)CC1. The lowest BCUT2D eigenvalue weighted by Gasteiger charge is -2.37. The van der Waals surface area contributed by atoms with E-state index >= 15 is 0 Å². The second-order valence-electron chi connectivity index (χ2n) is 5.21. The highest BCUT2D eigenvalue weighted by atomic mass is 32.1. The lowest BCUT2D eigenvalue weighted by Crippen LogP contribution is -2.47. The maximum Gasteiger partial charge on any atom is 0.269 e. The van der Waals surface area contributed by atoms with E-state index in [1.165, 1.54) is 0 Å². The highest BCUT2D eigenvalue weighted by molar-refractivity contribution is 7.09. The quantitative estimate of drug-likeness (QED) is 0.901. The summed E-state index contributed by atoms with van der Waals surface area (Å²) < 4.78 is 0. The summed E-state index contributed by atoms with van der Waals surface area (Å²) in [7, 11) is 0. The van der Waals surface area contributed by atoms with Gasteiger partial charge in [0.05, 0.1) is 6.04 Å². The number of anilines is 1. The van der Waals surface area contributed by atoms with Gasteiger partial charge in [0.1, 0.15) is 5.01 Å². The molecule has 1 amide bonds. The van der Waals surface area contributed by atoms with E-state index in [4.69, 9.17) is 5.73 Å². The van der Waals surface area contributed by atoms with Crippen molar-refractivity contribution in [1.82, 2.24) is 20.1 Å². The summed E-state index contributed by atoms with van der Waals surface area (Å²) in [5.74, 6) is 0.229. The Hall–Kier alpha value is -2.06. The van der Waals surface area contributed by atoms with E-state index in [2.05, 4.69) is 31.9 Å². The molecular formula is C14H18N6OS. The topological polar surface area (TPSA) is 88.2 Å². The molecule has 1 unspecified atom stereocenters. The zero-order valence-electron chi connectivity index (χ0n) is 12.3. The average Bonchev–Trinajstić information content (AvgIpc) is 3.09. The average molecular weight is 318 g/mol. The molecule has 1 fully saturated rings. The Kier molecular flexibility index (Phi) is 4.30. The van der Waals surface area contributed by atoms with Crippen LogP contribution >= 0.6 is 11.3 Å². The van der Waals surface area contributed by atoms with Crippen LogP contribution in [0.1, 0.15) is 28.5 Å². The Morgan fingerprint density at radius 3 is 2.59 bits per heavy atom. The summed E-state index contributed by atoms with van der Waals surface area (Å²) >= 11 is 1.69. The molecule has 3 heterocycles. The van der Waals surface area contributed by atoms with Crippen LogP contribution in [-0.2, 0) is 0 Å². The Morgan fingerprint density at radius 2 is 2.05 bits per heavy atom. The van der Waals surface area contributed by atoms with E-state index in [0.29, 0.717) is 6.04 Å². The van der Waals surface area contributed by atoms with Crippen molar-refractivity contribution in [3.63, 3.8) is 0 Å². The number of piperazine rings is 1. The molecule has 7 nitrogen and oxygen atoms in total. The Labute approximate surface area is 132 Å². The van der Waals surface area contributed by atoms with Crippen LogP contribution in [0.3, 0.4) is 0 Å². The van der Waals surface area contributed by atoms with Crippen LogP contribution < -0.4 is 10.6 Å². The van der Waals surface area contributed by atoms with Crippen molar-refractivity contribution < 1.29 is 4.79 Å². The van der Waals surface area contributed by atoms with Crippen LogP contribution in [-0.4, -0.2) is 52.2 Å². The minimum atomic E-state index is -0.554. The summed E-state index contributed by atoms with van der Waals surface area (Å²) in [6, 6.07) is 3.76. The first-order valence-electron chi connectivity index (χ1n) is 7.17. The molecule has 0 radical (unpaired) electrons. The minimum absolute atomic E-state index is 0.194. The van der Waals surface area contributed by atoms with Gasteiger partial charge in [0.15, 0.2) is 11.5 Å². The third-order valence-corrected chi connectivity index (χ3v) is 4.84. The zero-order chi connectivity index (χ0) is 15.5. The first-order valence-corrected chi connectivity index (χ1v) is 8.05. The molecule has 2 N–H and O–H groups in total. The summed E-state index contributed by atoms with van der Waals surface area (Å²) in [5, 5.41) is 11.1. The maximum absolute atomic E-state index is 11.0. The molecule has 2 aromatic heterocycles. The fraction of sp³-hybridized carbons (Fsp3) is 0.429. The first kappa shape index (κ1) is 14.9. The molecule has 2 aromatic rings. The van der Waals surface area contributed by atoms with Gasteiger partial charge in [-0.15, -0.1) is 21.5 Å². The molecule has 8 heteroatoms. The van der Waals surface area contributed by atoms with Gasteiger partial charge in [0.25, 0.3) is 5.91 Å². The third kappa shape index (κ3) is 3.07. The van der Waals surface area contributed by atoms with Crippen LogP contribution in [0.4, 0.5) is 5.82 Å². The van der Waals surface area contributed by atoms with Gasteiger partial charge in [-0.05, 0) is 19.1 Å². The minimum Gasteiger partial charge on any atom is -0.364 e. The Morgan fingerprint density at radius 1 is 1.27 bits per heavy atom. The number of carbonyl (C=O) groups excluding carboxylic acids is 1. The predicted molar refractivity (Wildman–Crippen MR) is 84.9 cm³/mol. The standard InChI is InChI=1S/C14H18N6OS/c1-10(14-16-4-9-22-14)19-5-7-20(8-6-19)12-3-2-11(13(15)21)17-18-12/h2-4,9-10H,5-8H2,1H3,(H2,15,21). The van der Waals surface area contributed by atoms with Crippen molar-refractivity contribution in [2.24, 2.45) is 5.73 Å². The first-order chi connectivity index (χ1) is 10.6. The van der Waals surface area contributed by atoms with Gasteiger partial charge in [0, 0.05) is 37.8 Å². The van der Waals surface area contributed by atoms with Crippen LogP contribution in [0.5, 0.6) is 0 Å². The molecule has 1 atom stereocenters. The monoisotopic (exact) mass is 318 g/mol. The molecule has 116 valence electrons. The fourth-order valence-corrected chi connectivity index (χ4v) is 3.29. The normalized spacial score (nSPS) is 17.4. The van der Waals surface area contributed by atoms with Gasteiger partial charge in [-0.25, -0.2) is 4.98 Å². The maximum atomic E-state index is 11.0. The van der Waals surface area contributed by atoms with Gasteiger partial charge < -0.3 is 10.6 Å². The number of aromatic nitrogens is 3. The number of thiazole rings is 1. The Balaban J connectivity index is 1.60. The van der Waals surface area contributed by atoms with Crippen molar-refractivity contribution in [3.05, 3.63) is 34.4 Å². The number of carbonyl (C=O) groups is 1. The number of primary amides is 1. The van der Waals surface area contributed by atoms with E-state index in [1.807, 2.05) is 11.6 Å². The van der Waals surface area contributed by atoms with Crippen LogP contribution in [0, 0.1) is 0 Å². The predicted octanol–water partition coefficient (Wildman–Crippen LogP) is 0.915. The van der Waals surface area contributed by atoms with Crippen molar-refractivity contribution in [3.8, 4) is 0 Å². The number of nitrogens with zero attached hydrogens (tertiary/aromatic N) is 5. The Bertz CT molecular complexity index is 621. The lowest BCUT2D eigenvalue weighted by atomic mass is 10.2. The summed E-state index contributed by atoms with van der Waals surface area (Å²) in [4.78, 5) is 20.0. The summed E-state index contributed by atoms with van der Waals surface area (Å²) in [6.45, 7) is 5.83. The van der Waals surface area contributed by atoms with Gasteiger partial charge in [-0.1, -0.05) is 0 Å². The highest BCUT2D eigenvalue weighted by Crippen LogP contribution is 2.24. The summed E-state index contributed by atoms with van der Waals surface area (Å²) in [5.41, 5.74) is 5.37. The number of nitrogens with two attached hydrogens (primary N) is 1. The molecule has 0 saturated carbocycles. The number of hydrogen-bond donors (Lipinski definition) is 1. The zero-order valence-corrected chi connectivity index (χ0v) is 13.2. The molecule has 22 heavy (non-hydrogen) atoms. The van der Waals surface area contributed by atoms with E-state index in [-0.39, 0.29) is 5.69 Å². The third-order valence-electron chi connectivity index (χ3n) is 3.90. The second kappa shape index (κ2) is 6.37. The molecule has 1 aliphatic rings. The molecular weight excluding hydrogens is 300 g/mol. The van der Waals surface area contributed by atoms with Crippen molar-refractivity contribution in [2.45, 2.75) is 13.0 Å². The van der Waals surface area contributed by atoms with Gasteiger partial charge in [0.2, 0.25) is 0 Å². The summed E-state index contributed by atoms with van der Waals surface area (Å²) in [6.07, 6.45) is 1.85. The van der Waals surface area contributed by atoms with Crippen molar-refractivity contribution >= 4 is 23.1 Å². The highest BCUT2D eigenvalue weighted by Gasteiger charge is 2.24. The molecule has 1 saturated heterocycles. The largest absolute Gasteiger partial charge is 0.364 e. The van der Waals surface area contributed by atoms with Gasteiger partial charge in [-0.3, -0.25) is 9.69 Å². The number of rotatable bonds is 4. The van der Waals surface area contributed by atoms with Crippen LogP contribution in [0.2, 0.25) is 0 Å². The van der Waals surface area contributed by atoms with Crippen LogP contribution in [0.25, 0.3) is 0 Å². The van der Waals surface area contributed by atoms with E-state index in [9.17, 15) is 4.79 Å². The van der Waals surface area contributed by atoms with Crippen molar-refractivity contribution in [2.75, 3.05) is 31.1 Å².